The SMILES string of the molecule is Cc1nc2ccc(C3CCNCC3)cc2n1-c1ccccc1OC(F)F. The van der Waals surface area contributed by atoms with Crippen molar-refractivity contribution in [1.29, 1.82) is 0 Å². The zero-order valence-electron chi connectivity index (χ0n) is 14.6. The van der Waals surface area contributed by atoms with Crippen molar-refractivity contribution in [3.63, 3.8) is 0 Å². The standard InChI is InChI=1S/C20H21F2N3O/c1-13-24-16-7-6-15(14-8-10-23-11-9-14)12-18(16)25(13)17-4-2-3-5-19(17)26-20(21)22/h2-7,12,14,20,23H,8-11H2,1H3. The molecule has 0 spiro atoms. The molecule has 1 saturated heterocycles. The Morgan fingerprint density at radius 2 is 1.92 bits per heavy atom. The minimum absolute atomic E-state index is 0.150. The van der Waals surface area contributed by atoms with Crippen molar-refractivity contribution in [2.75, 3.05) is 13.1 Å². The van der Waals surface area contributed by atoms with E-state index in [1.165, 1.54) is 5.56 Å². The second-order valence-electron chi connectivity index (χ2n) is 6.61. The fourth-order valence-corrected chi connectivity index (χ4v) is 3.76. The number of para-hydroxylation sites is 2. The Balaban J connectivity index is 1.83. The third kappa shape index (κ3) is 3.17. The zero-order valence-corrected chi connectivity index (χ0v) is 14.6. The van der Waals surface area contributed by atoms with Gasteiger partial charge in [0.2, 0.25) is 0 Å². The fourth-order valence-electron chi connectivity index (χ4n) is 3.76. The van der Waals surface area contributed by atoms with Gasteiger partial charge in [-0.05, 0) is 68.6 Å². The molecule has 0 unspecified atom stereocenters. The lowest BCUT2D eigenvalue weighted by Gasteiger charge is -2.23. The number of alkyl halides is 2. The van der Waals surface area contributed by atoms with E-state index in [1.54, 1.807) is 18.2 Å². The van der Waals surface area contributed by atoms with Crippen molar-refractivity contribution in [3.05, 3.63) is 53.9 Å². The molecule has 0 amide bonds. The first kappa shape index (κ1) is 17.0. The summed E-state index contributed by atoms with van der Waals surface area (Å²) < 4.78 is 32.3. The topological polar surface area (TPSA) is 39.1 Å². The van der Waals surface area contributed by atoms with Crippen molar-refractivity contribution >= 4 is 11.0 Å². The molecule has 6 heteroatoms. The number of hydrogen-bond donors (Lipinski definition) is 1. The van der Waals surface area contributed by atoms with Gasteiger partial charge in [0.05, 0.1) is 16.7 Å². The summed E-state index contributed by atoms with van der Waals surface area (Å²) in [5.74, 6) is 1.40. The van der Waals surface area contributed by atoms with E-state index >= 15 is 0 Å². The van der Waals surface area contributed by atoms with E-state index in [0.717, 1.165) is 42.8 Å². The van der Waals surface area contributed by atoms with Crippen LogP contribution in [0.1, 0.15) is 30.1 Å². The number of aromatic nitrogens is 2. The van der Waals surface area contributed by atoms with Gasteiger partial charge in [-0.25, -0.2) is 4.98 Å². The highest BCUT2D eigenvalue weighted by Gasteiger charge is 2.19. The number of hydrogen-bond acceptors (Lipinski definition) is 3. The third-order valence-corrected chi connectivity index (χ3v) is 4.98. The fraction of sp³-hybridized carbons (Fsp3) is 0.350. The summed E-state index contributed by atoms with van der Waals surface area (Å²) in [6.45, 7) is 1.05. The second kappa shape index (κ2) is 7.03. The molecule has 0 saturated carbocycles. The Morgan fingerprint density at radius 3 is 2.69 bits per heavy atom. The van der Waals surface area contributed by atoms with Gasteiger partial charge in [-0.3, -0.25) is 4.57 Å². The number of rotatable bonds is 4. The predicted molar refractivity (Wildman–Crippen MR) is 97.3 cm³/mol. The van der Waals surface area contributed by atoms with E-state index in [0.29, 0.717) is 11.6 Å². The molecule has 0 radical (unpaired) electrons. The first-order valence-electron chi connectivity index (χ1n) is 8.87. The van der Waals surface area contributed by atoms with Crippen molar-refractivity contribution < 1.29 is 13.5 Å². The molecule has 4 nitrogen and oxygen atoms in total. The van der Waals surface area contributed by atoms with Crippen LogP contribution >= 0.6 is 0 Å². The van der Waals surface area contributed by atoms with Crippen molar-refractivity contribution in [1.82, 2.24) is 14.9 Å². The van der Waals surface area contributed by atoms with Gasteiger partial charge >= 0.3 is 6.61 Å². The molecule has 136 valence electrons. The molecular formula is C20H21F2N3O. The molecule has 2 aromatic carbocycles. The number of halogens is 2. The van der Waals surface area contributed by atoms with Crippen LogP contribution in [0.2, 0.25) is 0 Å². The van der Waals surface area contributed by atoms with E-state index in [9.17, 15) is 8.78 Å². The molecule has 2 heterocycles. The molecule has 3 aromatic rings. The maximum atomic E-state index is 12.8. The number of aryl methyl sites for hydroxylation is 1. The highest BCUT2D eigenvalue weighted by atomic mass is 19.3. The quantitative estimate of drug-likeness (QED) is 0.752. The summed E-state index contributed by atoms with van der Waals surface area (Å²) in [7, 11) is 0. The van der Waals surface area contributed by atoms with Gasteiger partial charge < -0.3 is 10.1 Å². The lowest BCUT2D eigenvalue weighted by molar-refractivity contribution is -0.0498. The molecule has 1 aromatic heterocycles. The maximum absolute atomic E-state index is 12.8. The summed E-state index contributed by atoms with van der Waals surface area (Å²) in [6.07, 6.45) is 2.20. The maximum Gasteiger partial charge on any atom is 0.387 e. The highest BCUT2D eigenvalue weighted by molar-refractivity contribution is 5.80. The van der Waals surface area contributed by atoms with Crippen LogP contribution in [-0.2, 0) is 0 Å². The number of fused-ring (bicyclic) bond motifs is 1. The smallest absolute Gasteiger partial charge is 0.387 e. The monoisotopic (exact) mass is 357 g/mol. The van der Waals surface area contributed by atoms with Crippen molar-refractivity contribution in [2.24, 2.45) is 0 Å². The Kier molecular flexibility index (Phi) is 4.59. The van der Waals surface area contributed by atoms with Gasteiger partial charge in [-0.2, -0.15) is 8.78 Å². The van der Waals surface area contributed by atoms with Gasteiger partial charge in [-0.15, -0.1) is 0 Å². The highest BCUT2D eigenvalue weighted by Crippen LogP contribution is 2.32. The number of nitrogens with one attached hydrogen (secondary N) is 1. The first-order chi connectivity index (χ1) is 12.6. The van der Waals surface area contributed by atoms with Crippen LogP contribution in [0.25, 0.3) is 16.7 Å². The van der Waals surface area contributed by atoms with Crippen LogP contribution in [0.15, 0.2) is 42.5 Å². The summed E-state index contributed by atoms with van der Waals surface area (Å²) in [5.41, 5.74) is 3.62. The Hall–Kier alpha value is -2.47. The average molecular weight is 357 g/mol. The van der Waals surface area contributed by atoms with Gasteiger partial charge in [-0.1, -0.05) is 18.2 Å². The van der Waals surface area contributed by atoms with Gasteiger partial charge in [0.25, 0.3) is 0 Å². The summed E-state index contributed by atoms with van der Waals surface area (Å²) >= 11 is 0. The molecule has 1 aliphatic heterocycles. The normalized spacial score (nSPS) is 15.7. The van der Waals surface area contributed by atoms with E-state index in [2.05, 4.69) is 22.4 Å². The van der Waals surface area contributed by atoms with Crippen LogP contribution < -0.4 is 10.1 Å². The summed E-state index contributed by atoms with van der Waals surface area (Å²) in [4.78, 5) is 4.60. The van der Waals surface area contributed by atoms with Gasteiger partial charge in [0.15, 0.2) is 0 Å². The molecule has 0 atom stereocenters. The minimum atomic E-state index is -2.86. The van der Waals surface area contributed by atoms with E-state index < -0.39 is 6.61 Å². The molecule has 26 heavy (non-hydrogen) atoms. The Labute approximate surface area is 150 Å². The predicted octanol–water partition coefficient (Wildman–Crippen LogP) is 4.40. The number of ether oxygens (including phenoxy) is 1. The Morgan fingerprint density at radius 1 is 1.15 bits per heavy atom. The largest absolute Gasteiger partial charge is 0.433 e. The summed E-state index contributed by atoms with van der Waals surface area (Å²) in [5, 5.41) is 3.38. The van der Waals surface area contributed by atoms with Gasteiger partial charge in [0, 0.05) is 0 Å². The lowest BCUT2D eigenvalue weighted by Crippen LogP contribution is -2.26. The molecular weight excluding hydrogens is 336 g/mol. The molecule has 1 fully saturated rings. The van der Waals surface area contributed by atoms with Gasteiger partial charge in [0.1, 0.15) is 11.6 Å². The van der Waals surface area contributed by atoms with Crippen LogP contribution in [0.5, 0.6) is 5.75 Å². The van der Waals surface area contributed by atoms with E-state index in [4.69, 9.17) is 4.74 Å². The van der Waals surface area contributed by atoms with E-state index in [-0.39, 0.29) is 5.75 Å². The number of piperidine rings is 1. The summed E-state index contributed by atoms with van der Waals surface area (Å²) in [6, 6.07) is 13.1. The average Bonchev–Trinajstić information content (AvgIpc) is 2.97. The lowest BCUT2D eigenvalue weighted by atomic mass is 9.90. The molecule has 1 aliphatic rings. The Bertz CT molecular complexity index is 917. The molecule has 0 bridgehead atoms. The minimum Gasteiger partial charge on any atom is -0.433 e. The van der Waals surface area contributed by atoms with Crippen LogP contribution in [0.4, 0.5) is 8.78 Å². The van der Waals surface area contributed by atoms with Crippen LogP contribution in [0.3, 0.4) is 0 Å². The third-order valence-electron chi connectivity index (χ3n) is 4.98. The zero-order chi connectivity index (χ0) is 18.1. The number of nitrogens with zero attached hydrogens (tertiary/aromatic N) is 2. The molecule has 0 aliphatic carbocycles. The second-order valence-corrected chi connectivity index (χ2v) is 6.61. The van der Waals surface area contributed by atoms with E-state index in [1.807, 2.05) is 23.6 Å². The van der Waals surface area contributed by atoms with Crippen molar-refractivity contribution in [3.8, 4) is 11.4 Å². The van der Waals surface area contributed by atoms with Crippen LogP contribution in [-0.4, -0.2) is 29.3 Å². The number of imidazole rings is 1. The van der Waals surface area contributed by atoms with Crippen molar-refractivity contribution in [2.45, 2.75) is 32.3 Å². The number of benzene rings is 2. The van der Waals surface area contributed by atoms with Crippen LogP contribution in [0, 0.1) is 6.92 Å². The molecule has 1 N–H and O–H groups in total. The molecule has 4 rings (SSSR count). The first-order valence-corrected chi connectivity index (χ1v) is 8.87.